The first-order chi connectivity index (χ1) is 8.50. The molecular weight excluding hydrogens is 233 g/mol. The summed E-state index contributed by atoms with van der Waals surface area (Å²) in [5.41, 5.74) is 6.24. The summed E-state index contributed by atoms with van der Waals surface area (Å²) in [5, 5.41) is 10.5. The molecule has 2 aromatic carbocycles. The van der Waals surface area contributed by atoms with E-state index in [1.54, 1.807) is 13.0 Å². The van der Waals surface area contributed by atoms with E-state index in [0.717, 1.165) is 10.8 Å². The number of benzene rings is 2. The number of carbonyl (C=O) groups is 1. The molecule has 0 aliphatic carbocycles. The summed E-state index contributed by atoms with van der Waals surface area (Å²) in [5.74, 6) is -1.92. The maximum Gasteiger partial charge on any atom is 0.321 e. The zero-order valence-corrected chi connectivity index (χ0v) is 9.93. The molecule has 0 heterocycles. The molecule has 2 atom stereocenters. The molecule has 3 N–H and O–H groups in total. The van der Waals surface area contributed by atoms with Crippen LogP contribution in [-0.2, 0) is 4.79 Å². The van der Waals surface area contributed by atoms with Crippen LogP contribution in [0.3, 0.4) is 0 Å². The van der Waals surface area contributed by atoms with Gasteiger partial charge in [0, 0.05) is 5.92 Å². The van der Waals surface area contributed by atoms with Gasteiger partial charge in [-0.1, -0.05) is 31.2 Å². The van der Waals surface area contributed by atoms with Crippen LogP contribution in [0.2, 0.25) is 0 Å². The van der Waals surface area contributed by atoms with Gasteiger partial charge >= 0.3 is 5.97 Å². The number of fused-ring (bicyclic) bond motifs is 1. The van der Waals surface area contributed by atoms with E-state index in [4.69, 9.17) is 10.8 Å². The highest BCUT2D eigenvalue weighted by Crippen LogP contribution is 2.28. The zero-order valence-electron chi connectivity index (χ0n) is 9.93. The lowest BCUT2D eigenvalue weighted by molar-refractivity contribution is -0.138. The van der Waals surface area contributed by atoms with Crippen molar-refractivity contribution in [3.63, 3.8) is 0 Å². The molecule has 0 saturated carbocycles. The number of rotatable bonds is 3. The van der Waals surface area contributed by atoms with Gasteiger partial charge in [-0.15, -0.1) is 0 Å². The van der Waals surface area contributed by atoms with E-state index in [1.807, 2.05) is 18.2 Å². The van der Waals surface area contributed by atoms with Gasteiger partial charge in [0.05, 0.1) is 0 Å². The molecule has 2 rings (SSSR count). The lowest BCUT2D eigenvalue weighted by Crippen LogP contribution is -2.35. The molecule has 0 aromatic heterocycles. The van der Waals surface area contributed by atoms with Crippen molar-refractivity contribution < 1.29 is 14.3 Å². The topological polar surface area (TPSA) is 63.3 Å². The van der Waals surface area contributed by atoms with Crippen LogP contribution >= 0.6 is 0 Å². The molecule has 0 fully saturated rings. The van der Waals surface area contributed by atoms with E-state index in [1.165, 1.54) is 12.1 Å². The van der Waals surface area contributed by atoms with Crippen LogP contribution < -0.4 is 5.73 Å². The lowest BCUT2D eigenvalue weighted by Gasteiger charge is -2.18. The average molecular weight is 247 g/mol. The first-order valence-corrected chi connectivity index (χ1v) is 5.67. The minimum Gasteiger partial charge on any atom is -0.480 e. The van der Waals surface area contributed by atoms with Crippen molar-refractivity contribution in [2.24, 2.45) is 5.73 Å². The second-order valence-electron chi connectivity index (χ2n) is 4.37. The number of carboxylic acids is 1. The number of halogens is 1. The van der Waals surface area contributed by atoms with Crippen molar-refractivity contribution in [1.82, 2.24) is 0 Å². The van der Waals surface area contributed by atoms with Crippen molar-refractivity contribution in [2.45, 2.75) is 18.9 Å². The predicted molar refractivity (Wildman–Crippen MR) is 67.9 cm³/mol. The SMILES string of the molecule is C[C@@H](c1cc(F)cc2ccccc12)[C@H](N)C(=O)O. The zero-order chi connectivity index (χ0) is 13.3. The number of carboxylic acid groups (broad SMARTS) is 1. The maximum absolute atomic E-state index is 13.5. The van der Waals surface area contributed by atoms with Gasteiger partial charge in [0.25, 0.3) is 0 Å². The molecule has 0 saturated heterocycles. The Hall–Kier alpha value is -1.94. The normalized spacial score (nSPS) is 14.4. The minimum absolute atomic E-state index is 0.381. The maximum atomic E-state index is 13.5. The second kappa shape index (κ2) is 4.74. The summed E-state index contributed by atoms with van der Waals surface area (Å²) in [6.07, 6.45) is 0. The Kier molecular flexibility index (Phi) is 3.30. The van der Waals surface area contributed by atoms with Crippen LogP contribution in [0.15, 0.2) is 36.4 Å². The van der Waals surface area contributed by atoms with Crippen LogP contribution in [-0.4, -0.2) is 17.1 Å². The largest absolute Gasteiger partial charge is 0.480 e. The lowest BCUT2D eigenvalue weighted by atomic mass is 9.89. The molecule has 0 amide bonds. The average Bonchev–Trinajstić information content (AvgIpc) is 2.35. The fourth-order valence-corrected chi connectivity index (χ4v) is 2.09. The summed E-state index contributed by atoms with van der Waals surface area (Å²) in [7, 11) is 0. The van der Waals surface area contributed by atoms with E-state index < -0.39 is 17.9 Å². The molecule has 0 unspecified atom stereocenters. The third-order valence-electron chi connectivity index (χ3n) is 3.17. The summed E-state index contributed by atoms with van der Waals surface area (Å²) in [4.78, 5) is 10.9. The van der Waals surface area contributed by atoms with E-state index in [0.29, 0.717) is 5.56 Å². The Labute approximate surface area is 104 Å². The Morgan fingerprint density at radius 3 is 2.67 bits per heavy atom. The third-order valence-corrected chi connectivity index (χ3v) is 3.17. The second-order valence-corrected chi connectivity index (χ2v) is 4.37. The van der Waals surface area contributed by atoms with Gasteiger partial charge in [-0.2, -0.15) is 0 Å². The van der Waals surface area contributed by atoms with Gasteiger partial charge in [-0.3, -0.25) is 4.79 Å². The molecule has 4 heteroatoms. The van der Waals surface area contributed by atoms with Crippen LogP contribution in [0.1, 0.15) is 18.4 Å². The summed E-state index contributed by atoms with van der Waals surface area (Å²) in [6, 6.07) is 9.02. The highest BCUT2D eigenvalue weighted by Gasteiger charge is 2.23. The molecule has 0 bridgehead atoms. The fraction of sp³-hybridized carbons (Fsp3) is 0.214. The molecular formula is C14H14FNO2. The molecule has 0 aliphatic rings. The van der Waals surface area contributed by atoms with Crippen LogP contribution in [0, 0.1) is 5.82 Å². The first-order valence-electron chi connectivity index (χ1n) is 5.67. The van der Waals surface area contributed by atoms with Crippen molar-refractivity contribution in [2.75, 3.05) is 0 Å². The third kappa shape index (κ3) is 2.19. The highest BCUT2D eigenvalue weighted by atomic mass is 19.1. The van der Waals surface area contributed by atoms with Crippen LogP contribution in [0.25, 0.3) is 10.8 Å². The minimum atomic E-state index is -1.09. The number of aliphatic carboxylic acids is 1. The van der Waals surface area contributed by atoms with Gasteiger partial charge in [-0.05, 0) is 28.5 Å². The van der Waals surface area contributed by atoms with Crippen LogP contribution in [0.4, 0.5) is 4.39 Å². The number of nitrogens with two attached hydrogens (primary N) is 1. The molecule has 0 radical (unpaired) electrons. The smallest absolute Gasteiger partial charge is 0.321 e. The van der Waals surface area contributed by atoms with Gasteiger partial charge in [0.15, 0.2) is 0 Å². The van der Waals surface area contributed by atoms with Crippen molar-refractivity contribution in [3.05, 3.63) is 47.8 Å². The Balaban J connectivity index is 2.59. The number of hydrogen-bond donors (Lipinski definition) is 2. The monoisotopic (exact) mass is 247 g/mol. The molecule has 0 spiro atoms. The molecule has 18 heavy (non-hydrogen) atoms. The molecule has 3 nitrogen and oxygen atoms in total. The molecule has 2 aromatic rings. The number of hydrogen-bond acceptors (Lipinski definition) is 2. The van der Waals surface area contributed by atoms with E-state index in [9.17, 15) is 9.18 Å². The highest BCUT2D eigenvalue weighted by molar-refractivity contribution is 5.87. The first kappa shape index (κ1) is 12.5. The van der Waals surface area contributed by atoms with E-state index >= 15 is 0 Å². The summed E-state index contributed by atoms with van der Waals surface area (Å²) < 4.78 is 13.5. The van der Waals surface area contributed by atoms with Crippen molar-refractivity contribution >= 4 is 16.7 Å². The van der Waals surface area contributed by atoms with Gasteiger partial charge < -0.3 is 10.8 Å². The van der Waals surface area contributed by atoms with E-state index in [2.05, 4.69) is 0 Å². The fourth-order valence-electron chi connectivity index (χ4n) is 2.09. The predicted octanol–water partition coefficient (Wildman–Crippen LogP) is 2.49. The quantitative estimate of drug-likeness (QED) is 0.875. The molecule has 94 valence electrons. The van der Waals surface area contributed by atoms with Gasteiger partial charge in [0.1, 0.15) is 11.9 Å². The summed E-state index contributed by atoms with van der Waals surface area (Å²) >= 11 is 0. The molecule has 0 aliphatic heterocycles. The van der Waals surface area contributed by atoms with Crippen molar-refractivity contribution in [3.8, 4) is 0 Å². The Morgan fingerprint density at radius 1 is 1.33 bits per heavy atom. The summed E-state index contributed by atoms with van der Waals surface area (Å²) in [6.45, 7) is 1.69. The van der Waals surface area contributed by atoms with Gasteiger partial charge in [-0.25, -0.2) is 4.39 Å². The van der Waals surface area contributed by atoms with Crippen LogP contribution in [0.5, 0.6) is 0 Å². The van der Waals surface area contributed by atoms with E-state index in [-0.39, 0.29) is 5.82 Å². The Bertz CT molecular complexity index is 597. The Morgan fingerprint density at radius 2 is 2.00 bits per heavy atom. The van der Waals surface area contributed by atoms with Crippen molar-refractivity contribution in [1.29, 1.82) is 0 Å². The standard InChI is InChI=1S/C14H14FNO2/c1-8(13(16)14(17)18)12-7-10(15)6-9-4-2-3-5-11(9)12/h2-8,13H,16H2,1H3,(H,17,18)/t8-,13-/m0/s1. The van der Waals surface area contributed by atoms with Gasteiger partial charge in [0.2, 0.25) is 0 Å².